The molecule has 5 atom stereocenters. The fourth-order valence-electron chi connectivity index (χ4n) is 6.13. The van der Waals surface area contributed by atoms with E-state index >= 15 is 0 Å². The van der Waals surface area contributed by atoms with Gasteiger partial charge in [-0.25, -0.2) is 0 Å². The Morgan fingerprint density at radius 3 is 2.85 bits per heavy atom. The van der Waals surface area contributed by atoms with Crippen molar-refractivity contribution < 1.29 is 9.84 Å². The van der Waals surface area contributed by atoms with E-state index in [-0.39, 0.29) is 23.3 Å². The zero-order valence-electron chi connectivity index (χ0n) is 16.1. The van der Waals surface area contributed by atoms with E-state index in [2.05, 4.69) is 24.8 Å². The van der Waals surface area contributed by atoms with Gasteiger partial charge >= 0.3 is 0 Å². The van der Waals surface area contributed by atoms with Gasteiger partial charge in [0.05, 0.1) is 0 Å². The number of nitrogens with zero attached hydrogens (tertiary/aromatic N) is 1. The maximum Gasteiger partial charge on any atom is 0.165 e. The van der Waals surface area contributed by atoms with E-state index in [0.717, 1.165) is 30.9 Å². The number of phenols is 1. The molecule has 142 valence electrons. The minimum atomic E-state index is 0.0167. The highest BCUT2D eigenvalue weighted by atomic mass is 16.5. The Hall–Kier alpha value is -1.26. The fraction of sp³-hybridized carbons (Fsp3) is 0.727. The summed E-state index contributed by atoms with van der Waals surface area (Å²) in [5.74, 6) is 2.24. The van der Waals surface area contributed by atoms with Crippen LogP contribution in [0.5, 0.6) is 11.5 Å². The first kappa shape index (κ1) is 16.9. The lowest BCUT2D eigenvalue weighted by Gasteiger charge is -2.55. The van der Waals surface area contributed by atoms with Crippen LogP contribution in [-0.2, 0) is 6.42 Å². The highest BCUT2D eigenvalue weighted by molar-refractivity contribution is 5.58. The van der Waals surface area contributed by atoms with Crippen molar-refractivity contribution in [3.05, 3.63) is 23.3 Å². The summed E-state index contributed by atoms with van der Waals surface area (Å²) in [6.45, 7) is 7.20. The van der Waals surface area contributed by atoms with Gasteiger partial charge in [0.25, 0.3) is 0 Å². The predicted molar refractivity (Wildman–Crippen MR) is 103 cm³/mol. The van der Waals surface area contributed by atoms with Crippen molar-refractivity contribution in [3.63, 3.8) is 0 Å². The van der Waals surface area contributed by atoms with Gasteiger partial charge in [-0.15, -0.1) is 0 Å². The van der Waals surface area contributed by atoms with E-state index in [4.69, 9.17) is 10.5 Å². The Balaban J connectivity index is 1.60. The highest BCUT2D eigenvalue weighted by Gasteiger charge is 2.59. The first-order chi connectivity index (χ1) is 12.5. The Bertz CT molecular complexity index is 716. The number of nitrogens with two attached hydrogens (primary N) is 1. The largest absolute Gasteiger partial charge is 0.504 e. The summed E-state index contributed by atoms with van der Waals surface area (Å²) in [5, 5.41) is 10.4. The highest BCUT2D eigenvalue weighted by Crippen LogP contribution is 2.62. The van der Waals surface area contributed by atoms with Crippen LogP contribution < -0.4 is 10.5 Å². The van der Waals surface area contributed by atoms with Gasteiger partial charge < -0.3 is 15.6 Å². The van der Waals surface area contributed by atoms with Crippen molar-refractivity contribution in [2.75, 3.05) is 13.1 Å². The zero-order valence-corrected chi connectivity index (χ0v) is 16.1. The van der Waals surface area contributed by atoms with Crippen LogP contribution >= 0.6 is 0 Å². The van der Waals surface area contributed by atoms with Crippen molar-refractivity contribution in [1.29, 1.82) is 0 Å². The molecule has 2 fully saturated rings. The van der Waals surface area contributed by atoms with Gasteiger partial charge in [-0.1, -0.05) is 19.9 Å². The summed E-state index contributed by atoms with van der Waals surface area (Å²) in [7, 11) is 0. The molecule has 1 heterocycles. The average molecular weight is 357 g/mol. The number of phenolic OH excluding ortho intramolecular Hbond substituents is 1. The number of benzene rings is 1. The second-order valence-electron chi connectivity index (χ2n) is 9.41. The molecule has 0 bridgehead atoms. The average Bonchev–Trinajstić information content (AvgIpc) is 3.33. The number of hydrogen-bond acceptors (Lipinski definition) is 4. The van der Waals surface area contributed by atoms with Crippen LogP contribution in [-0.4, -0.2) is 41.3 Å². The van der Waals surface area contributed by atoms with E-state index in [1.165, 1.54) is 43.5 Å². The summed E-state index contributed by atoms with van der Waals surface area (Å²) in [6, 6.07) is 4.57. The third-order valence-corrected chi connectivity index (χ3v) is 7.62. The fourth-order valence-corrected chi connectivity index (χ4v) is 6.13. The molecule has 0 radical (unpaired) electrons. The van der Waals surface area contributed by atoms with Gasteiger partial charge in [0.15, 0.2) is 11.5 Å². The van der Waals surface area contributed by atoms with Gasteiger partial charge in [-0.05, 0) is 68.0 Å². The Labute approximate surface area is 156 Å². The standard InChI is InChI=1S/C22H32N2O2/c1-3-10-24(12-13-4-5-13)17-11-14-6-7-16(25)21-18(14)19-20(26-21)15(23)8-9-22(17,19)2/h6-7,13,15,17,19-20,25H,3-5,8-12,23H2,1-2H3/t15-,17?,19?,20?,22-/m0/s1. The molecule has 3 aliphatic carbocycles. The summed E-state index contributed by atoms with van der Waals surface area (Å²) < 4.78 is 6.30. The Morgan fingerprint density at radius 2 is 2.12 bits per heavy atom. The summed E-state index contributed by atoms with van der Waals surface area (Å²) in [6.07, 6.45) is 7.27. The maximum atomic E-state index is 10.4. The maximum absolute atomic E-state index is 10.4. The Kier molecular flexibility index (Phi) is 3.81. The normalized spacial score (nSPS) is 37.5. The number of rotatable bonds is 5. The number of hydrogen-bond donors (Lipinski definition) is 2. The second kappa shape index (κ2) is 5.87. The Morgan fingerprint density at radius 1 is 1.31 bits per heavy atom. The summed E-state index contributed by atoms with van der Waals surface area (Å²) in [4.78, 5) is 2.79. The van der Waals surface area contributed by atoms with Crippen LogP contribution in [0.25, 0.3) is 0 Å². The lowest BCUT2D eigenvalue weighted by atomic mass is 9.55. The van der Waals surface area contributed by atoms with Gasteiger partial charge in [0.2, 0.25) is 0 Å². The third kappa shape index (κ3) is 2.34. The molecule has 3 unspecified atom stereocenters. The molecule has 4 heteroatoms. The van der Waals surface area contributed by atoms with E-state index < -0.39 is 0 Å². The molecule has 2 saturated carbocycles. The quantitative estimate of drug-likeness (QED) is 0.849. The van der Waals surface area contributed by atoms with E-state index in [0.29, 0.717) is 12.0 Å². The van der Waals surface area contributed by atoms with Crippen LogP contribution in [0.15, 0.2) is 12.1 Å². The minimum absolute atomic E-state index is 0.0167. The lowest BCUT2D eigenvalue weighted by molar-refractivity contribution is -0.0256. The van der Waals surface area contributed by atoms with Gasteiger partial charge in [-0.3, -0.25) is 4.90 Å². The van der Waals surface area contributed by atoms with Crippen LogP contribution in [0.2, 0.25) is 0 Å². The van der Waals surface area contributed by atoms with E-state index in [1.807, 2.05) is 6.07 Å². The first-order valence-corrected chi connectivity index (χ1v) is 10.5. The molecule has 0 aromatic heterocycles. The molecule has 0 amide bonds. The molecule has 3 N–H and O–H groups in total. The number of aromatic hydroxyl groups is 1. The molecule has 1 aliphatic heterocycles. The smallest absolute Gasteiger partial charge is 0.165 e. The third-order valence-electron chi connectivity index (χ3n) is 7.62. The molecular weight excluding hydrogens is 324 g/mol. The molecule has 1 aromatic rings. The van der Waals surface area contributed by atoms with Crippen LogP contribution in [0.4, 0.5) is 0 Å². The van der Waals surface area contributed by atoms with Crippen LogP contribution in [0, 0.1) is 11.3 Å². The minimum Gasteiger partial charge on any atom is -0.504 e. The van der Waals surface area contributed by atoms with Crippen molar-refractivity contribution in [2.24, 2.45) is 17.1 Å². The molecule has 0 saturated heterocycles. The second-order valence-corrected chi connectivity index (χ2v) is 9.41. The van der Waals surface area contributed by atoms with Gasteiger partial charge in [0, 0.05) is 30.1 Å². The summed E-state index contributed by atoms with van der Waals surface area (Å²) >= 11 is 0. The lowest BCUT2D eigenvalue weighted by Crippen LogP contribution is -2.60. The van der Waals surface area contributed by atoms with E-state index in [9.17, 15) is 5.11 Å². The van der Waals surface area contributed by atoms with Crippen LogP contribution in [0.1, 0.15) is 63.0 Å². The van der Waals surface area contributed by atoms with Gasteiger partial charge in [-0.2, -0.15) is 0 Å². The topological polar surface area (TPSA) is 58.7 Å². The molecule has 26 heavy (non-hydrogen) atoms. The molecule has 1 aromatic carbocycles. The first-order valence-electron chi connectivity index (χ1n) is 10.5. The molecule has 0 spiro atoms. The molecule has 5 rings (SSSR count). The molecule has 4 nitrogen and oxygen atoms in total. The zero-order chi connectivity index (χ0) is 18.1. The van der Waals surface area contributed by atoms with Crippen molar-refractivity contribution in [3.8, 4) is 11.5 Å². The monoisotopic (exact) mass is 356 g/mol. The van der Waals surface area contributed by atoms with Crippen molar-refractivity contribution in [1.82, 2.24) is 4.90 Å². The number of ether oxygens (including phenoxy) is 1. The van der Waals surface area contributed by atoms with E-state index in [1.54, 1.807) is 0 Å². The molecule has 4 aliphatic rings. The molecular formula is C22H32N2O2. The predicted octanol–water partition coefficient (Wildman–Crippen LogP) is 3.41. The summed E-state index contributed by atoms with van der Waals surface area (Å²) in [5.41, 5.74) is 9.32. The van der Waals surface area contributed by atoms with Crippen molar-refractivity contribution >= 4 is 0 Å². The van der Waals surface area contributed by atoms with Crippen LogP contribution in [0.3, 0.4) is 0 Å². The van der Waals surface area contributed by atoms with Gasteiger partial charge in [0.1, 0.15) is 6.10 Å². The SMILES string of the molecule is CCCN(CC1CC1)C1Cc2ccc(O)c3c2C2C(O3)[C@@H](N)CC[C@]21C. The van der Waals surface area contributed by atoms with Crippen molar-refractivity contribution in [2.45, 2.75) is 76.5 Å².